The lowest BCUT2D eigenvalue weighted by Gasteiger charge is -2.05. The van der Waals surface area contributed by atoms with Crippen molar-refractivity contribution in [2.45, 2.75) is 25.8 Å². The normalized spacial score (nSPS) is 10.6. The van der Waals surface area contributed by atoms with Crippen molar-refractivity contribution in [3.05, 3.63) is 71.5 Å². The van der Waals surface area contributed by atoms with E-state index in [-0.39, 0.29) is 5.82 Å². The third kappa shape index (κ3) is 5.23. The highest BCUT2D eigenvalue weighted by molar-refractivity contribution is 5.16. The van der Waals surface area contributed by atoms with E-state index < -0.39 is 0 Å². The topological polar surface area (TPSA) is 12.0 Å². The summed E-state index contributed by atoms with van der Waals surface area (Å²) in [6.45, 7) is 1.82. The summed E-state index contributed by atoms with van der Waals surface area (Å²) in [5, 5.41) is 3.38. The summed E-state index contributed by atoms with van der Waals surface area (Å²) in [5.74, 6) is -0.174. The summed E-state index contributed by atoms with van der Waals surface area (Å²) in [7, 11) is 0. The van der Waals surface area contributed by atoms with Crippen molar-refractivity contribution in [2.24, 2.45) is 0 Å². The monoisotopic (exact) mass is 257 g/mol. The van der Waals surface area contributed by atoms with E-state index in [1.54, 1.807) is 0 Å². The number of halogens is 1. The van der Waals surface area contributed by atoms with Gasteiger partial charge in [-0.1, -0.05) is 42.5 Å². The molecule has 1 N–H and O–H groups in total. The SMILES string of the molecule is Fc1ccc(CNCCCCc2ccccc2)cc1. The zero-order valence-corrected chi connectivity index (χ0v) is 11.1. The zero-order chi connectivity index (χ0) is 13.3. The maximum absolute atomic E-state index is 12.7. The summed E-state index contributed by atoms with van der Waals surface area (Å²) in [6.07, 6.45) is 3.50. The van der Waals surface area contributed by atoms with Crippen molar-refractivity contribution in [3.8, 4) is 0 Å². The van der Waals surface area contributed by atoms with E-state index in [1.165, 1.54) is 24.1 Å². The quantitative estimate of drug-likeness (QED) is 0.741. The second-order valence-corrected chi connectivity index (χ2v) is 4.75. The molecule has 0 heterocycles. The average molecular weight is 257 g/mol. The minimum absolute atomic E-state index is 0.174. The lowest BCUT2D eigenvalue weighted by Crippen LogP contribution is -2.14. The van der Waals surface area contributed by atoms with Crippen molar-refractivity contribution >= 4 is 0 Å². The largest absolute Gasteiger partial charge is 0.313 e. The minimum atomic E-state index is -0.174. The maximum Gasteiger partial charge on any atom is 0.123 e. The Morgan fingerprint density at radius 2 is 1.53 bits per heavy atom. The van der Waals surface area contributed by atoms with Crippen LogP contribution in [0.4, 0.5) is 4.39 Å². The van der Waals surface area contributed by atoms with Crippen LogP contribution in [0.2, 0.25) is 0 Å². The van der Waals surface area contributed by atoms with Gasteiger partial charge in [0.25, 0.3) is 0 Å². The number of unbranched alkanes of at least 4 members (excludes halogenated alkanes) is 1. The number of hydrogen-bond donors (Lipinski definition) is 1. The van der Waals surface area contributed by atoms with Gasteiger partial charge in [-0.05, 0) is 49.1 Å². The average Bonchev–Trinajstić information content (AvgIpc) is 2.46. The predicted octanol–water partition coefficient (Wildman–Crippen LogP) is 3.94. The fraction of sp³-hybridized carbons (Fsp3) is 0.294. The van der Waals surface area contributed by atoms with Crippen molar-refractivity contribution in [1.82, 2.24) is 5.32 Å². The zero-order valence-electron chi connectivity index (χ0n) is 11.1. The van der Waals surface area contributed by atoms with E-state index in [2.05, 4.69) is 29.6 Å². The van der Waals surface area contributed by atoms with Crippen LogP contribution >= 0.6 is 0 Å². The Bertz CT molecular complexity index is 464. The first-order chi connectivity index (χ1) is 9.34. The van der Waals surface area contributed by atoms with Crippen LogP contribution in [-0.2, 0) is 13.0 Å². The minimum Gasteiger partial charge on any atom is -0.313 e. The molecule has 2 rings (SSSR count). The van der Waals surface area contributed by atoms with Crippen LogP contribution in [0.3, 0.4) is 0 Å². The second kappa shape index (κ2) is 7.70. The summed E-state index contributed by atoms with van der Waals surface area (Å²) in [6, 6.07) is 17.2. The first-order valence-electron chi connectivity index (χ1n) is 6.84. The van der Waals surface area contributed by atoms with Crippen LogP contribution in [0.25, 0.3) is 0 Å². The third-order valence-corrected chi connectivity index (χ3v) is 3.15. The number of aryl methyl sites for hydroxylation is 1. The summed E-state index contributed by atoms with van der Waals surface area (Å²) < 4.78 is 12.7. The Labute approximate surface area is 114 Å². The third-order valence-electron chi connectivity index (χ3n) is 3.15. The first kappa shape index (κ1) is 13.8. The molecule has 0 amide bonds. The fourth-order valence-corrected chi connectivity index (χ4v) is 2.06. The van der Waals surface area contributed by atoms with Crippen LogP contribution in [0.15, 0.2) is 54.6 Å². The number of hydrogen-bond acceptors (Lipinski definition) is 1. The molecule has 0 atom stereocenters. The van der Waals surface area contributed by atoms with Gasteiger partial charge in [0.1, 0.15) is 5.82 Å². The molecule has 0 aliphatic rings. The van der Waals surface area contributed by atoms with E-state index in [0.717, 1.165) is 31.5 Å². The van der Waals surface area contributed by atoms with Crippen LogP contribution in [-0.4, -0.2) is 6.54 Å². The molecule has 0 aliphatic heterocycles. The highest BCUT2D eigenvalue weighted by Crippen LogP contribution is 2.05. The lowest BCUT2D eigenvalue weighted by atomic mass is 10.1. The van der Waals surface area contributed by atoms with Gasteiger partial charge < -0.3 is 5.32 Å². The summed E-state index contributed by atoms with van der Waals surface area (Å²) in [4.78, 5) is 0. The molecule has 0 aromatic heterocycles. The van der Waals surface area contributed by atoms with Crippen LogP contribution in [0, 0.1) is 5.82 Å². The van der Waals surface area contributed by atoms with E-state index in [4.69, 9.17) is 0 Å². The van der Waals surface area contributed by atoms with E-state index >= 15 is 0 Å². The molecule has 0 saturated heterocycles. The Kier molecular flexibility index (Phi) is 5.57. The molecule has 100 valence electrons. The number of nitrogens with one attached hydrogen (secondary N) is 1. The van der Waals surface area contributed by atoms with Gasteiger partial charge in [-0.2, -0.15) is 0 Å². The maximum atomic E-state index is 12.7. The van der Waals surface area contributed by atoms with Crippen molar-refractivity contribution in [3.63, 3.8) is 0 Å². The molecule has 0 fully saturated rings. The lowest BCUT2D eigenvalue weighted by molar-refractivity contribution is 0.615. The molecular weight excluding hydrogens is 237 g/mol. The number of benzene rings is 2. The second-order valence-electron chi connectivity index (χ2n) is 4.75. The first-order valence-corrected chi connectivity index (χ1v) is 6.84. The van der Waals surface area contributed by atoms with Crippen molar-refractivity contribution in [1.29, 1.82) is 0 Å². The molecule has 0 unspecified atom stereocenters. The Hall–Kier alpha value is -1.67. The van der Waals surface area contributed by atoms with Gasteiger partial charge in [-0.3, -0.25) is 0 Å². The van der Waals surface area contributed by atoms with Gasteiger partial charge in [0.05, 0.1) is 0 Å². The molecule has 1 nitrogen and oxygen atoms in total. The Morgan fingerprint density at radius 3 is 2.26 bits per heavy atom. The van der Waals surface area contributed by atoms with E-state index in [9.17, 15) is 4.39 Å². The van der Waals surface area contributed by atoms with Crippen LogP contribution in [0.1, 0.15) is 24.0 Å². The molecule has 2 aromatic rings. The molecule has 2 aromatic carbocycles. The highest BCUT2D eigenvalue weighted by atomic mass is 19.1. The van der Waals surface area contributed by atoms with Crippen molar-refractivity contribution < 1.29 is 4.39 Å². The molecule has 0 bridgehead atoms. The molecule has 0 spiro atoms. The van der Waals surface area contributed by atoms with E-state index in [0.29, 0.717) is 0 Å². The molecule has 2 heteroatoms. The standard InChI is InChI=1S/C17H20FN/c18-17-11-9-16(10-12-17)14-19-13-5-4-8-15-6-2-1-3-7-15/h1-3,6-7,9-12,19H,4-5,8,13-14H2. The molecule has 0 radical (unpaired) electrons. The Balaban J connectivity index is 1.56. The van der Waals surface area contributed by atoms with Crippen LogP contribution < -0.4 is 5.32 Å². The molecule has 0 saturated carbocycles. The smallest absolute Gasteiger partial charge is 0.123 e. The van der Waals surface area contributed by atoms with Crippen LogP contribution in [0.5, 0.6) is 0 Å². The summed E-state index contributed by atoms with van der Waals surface area (Å²) >= 11 is 0. The van der Waals surface area contributed by atoms with Gasteiger partial charge in [0, 0.05) is 6.54 Å². The fourth-order valence-electron chi connectivity index (χ4n) is 2.06. The van der Waals surface area contributed by atoms with Gasteiger partial charge in [0.2, 0.25) is 0 Å². The molecule has 19 heavy (non-hydrogen) atoms. The van der Waals surface area contributed by atoms with Gasteiger partial charge in [-0.25, -0.2) is 4.39 Å². The van der Waals surface area contributed by atoms with Gasteiger partial charge in [0.15, 0.2) is 0 Å². The van der Waals surface area contributed by atoms with Crippen molar-refractivity contribution in [2.75, 3.05) is 6.54 Å². The summed E-state index contributed by atoms with van der Waals surface area (Å²) in [5.41, 5.74) is 2.53. The predicted molar refractivity (Wildman–Crippen MR) is 77.5 cm³/mol. The molecular formula is C17H20FN. The van der Waals surface area contributed by atoms with Gasteiger partial charge in [-0.15, -0.1) is 0 Å². The number of rotatable bonds is 7. The van der Waals surface area contributed by atoms with Gasteiger partial charge >= 0.3 is 0 Å². The Morgan fingerprint density at radius 1 is 0.789 bits per heavy atom. The highest BCUT2D eigenvalue weighted by Gasteiger charge is 1.95. The van der Waals surface area contributed by atoms with E-state index in [1.807, 2.05) is 18.2 Å². The molecule has 0 aliphatic carbocycles.